The zero-order valence-corrected chi connectivity index (χ0v) is 15.8. The lowest BCUT2D eigenvalue weighted by Gasteiger charge is -2.11. The zero-order chi connectivity index (χ0) is 20.1. The number of carbonyl (C=O) groups is 1. The molecule has 0 saturated heterocycles. The summed E-state index contributed by atoms with van der Waals surface area (Å²) in [5, 5.41) is 16.3. The standard InChI is InChI=1S/C21H20N6O2/c1-14(20-26-19(29-27-20)11-15-5-3-2-4-6-15)24-21(28)25-18-9-7-16(8-10-18)17-12-22-23-13-17/h2-10,12-14H,11H2,1H3,(H,22,23)(H2,24,25,28). The lowest BCUT2D eigenvalue weighted by Crippen LogP contribution is -2.31. The van der Waals surface area contributed by atoms with Crippen molar-refractivity contribution in [2.75, 3.05) is 5.32 Å². The molecule has 0 aliphatic rings. The number of urea groups is 1. The van der Waals surface area contributed by atoms with E-state index in [1.807, 2.05) is 60.8 Å². The Bertz CT molecular complexity index is 1060. The van der Waals surface area contributed by atoms with Crippen LogP contribution in [-0.4, -0.2) is 26.4 Å². The topological polar surface area (TPSA) is 109 Å². The predicted molar refractivity (Wildman–Crippen MR) is 108 cm³/mol. The van der Waals surface area contributed by atoms with Gasteiger partial charge < -0.3 is 15.2 Å². The second-order valence-electron chi connectivity index (χ2n) is 6.59. The van der Waals surface area contributed by atoms with Gasteiger partial charge in [-0.2, -0.15) is 10.1 Å². The van der Waals surface area contributed by atoms with Crippen LogP contribution in [0.25, 0.3) is 11.1 Å². The van der Waals surface area contributed by atoms with Gasteiger partial charge in [0, 0.05) is 17.4 Å². The van der Waals surface area contributed by atoms with E-state index >= 15 is 0 Å². The number of anilines is 1. The average Bonchev–Trinajstić information content (AvgIpc) is 3.42. The SMILES string of the molecule is CC(NC(=O)Nc1ccc(-c2cn[nH]c2)cc1)c1noc(Cc2ccccc2)n1. The van der Waals surface area contributed by atoms with E-state index < -0.39 is 6.04 Å². The molecule has 0 saturated carbocycles. The van der Waals surface area contributed by atoms with Gasteiger partial charge in [-0.05, 0) is 30.2 Å². The minimum atomic E-state index is -0.395. The molecule has 4 rings (SSSR count). The number of carbonyl (C=O) groups excluding carboxylic acids is 1. The van der Waals surface area contributed by atoms with Crippen molar-refractivity contribution >= 4 is 11.7 Å². The number of nitrogens with one attached hydrogen (secondary N) is 3. The summed E-state index contributed by atoms with van der Waals surface area (Å²) in [6.45, 7) is 1.80. The number of H-pyrrole nitrogens is 1. The van der Waals surface area contributed by atoms with Crippen LogP contribution in [0.15, 0.2) is 71.5 Å². The predicted octanol–water partition coefficient (Wildman–Crippen LogP) is 3.93. The molecule has 2 heterocycles. The maximum Gasteiger partial charge on any atom is 0.319 e. The van der Waals surface area contributed by atoms with E-state index in [-0.39, 0.29) is 6.03 Å². The van der Waals surface area contributed by atoms with E-state index in [2.05, 4.69) is 31.0 Å². The van der Waals surface area contributed by atoms with Crippen molar-refractivity contribution in [3.63, 3.8) is 0 Å². The van der Waals surface area contributed by atoms with E-state index in [0.717, 1.165) is 16.7 Å². The molecule has 1 unspecified atom stereocenters. The highest BCUT2D eigenvalue weighted by atomic mass is 16.5. The first-order valence-electron chi connectivity index (χ1n) is 9.20. The van der Waals surface area contributed by atoms with Crippen molar-refractivity contribution < 1.29 is 9.32 Å². The molecule has 8 heteroatoms. The quantitative estimate of drug-likeness (QED) is 0.464. The van der Waals surface area contributed by atoms with Gasteiger partial charge in [0.2, 0.25) is 5.89 Å². The summed E-state index contributed by atoms with van der Waals surface area (Å²) < 4.78 is 5.30. The summed E-state index contributed by atoms with van der Waals surface area (Å²) in [5.41, 5.74) is 3.76. The van der Waals surface area contributed by atoms with Crippen LogP contribution >= 0.6 is 0 Å². The first-order chi connectivity index (χ1) is 14.2. The molecule has 2 amide bonds. The summed E-state index contributed by atoms with van der Waals surface area (Å²) in [6, 6.07) is 16.6. The van der Waals surface area contributed by atoms with Gasteiger partial charge in [0.25, 0.3) is 0 Å². The highest BCUT2D eigenvalue weighted by Gasteiger charge is 2.16. The Kier molecular flexibility index (Phi) is 5.33. The fourth-order valence-corrected chi connectivity index (χ4v) is 2.87. The molecule has 3 N–H and O–H groups in total. The van der Waals surface area contributed by atoms with Gasteiger partial charge in [0.15, 0.2) is 5.82 Å². The van der Waals surface area contributed by atoms with Crippen molar-refractivity contribution in [1.29, 1.82) is 0 Å². The molecule has 0 aliphatic heterocycles. The molecule has 29 heavy (non-hydrogen) atoms. The van der Waals surface area contributed by atoms with Gasteiger partial charge in [-0.3, -0.25) is 5.10 Å². The van der Waals surface area contributed by atoms with E-state index in [4.69, 9.17) is 4.52 Å². The number of aromatic amines is 1. The van der Waals surface area contributed by atoms with Crippen molar-refractivity contribution in [3.8, 4) is 11.1 Å². The van der Waals surface area contributed by atoms with Crippen LogP contribution in [0.4, 0.5) is 10.5 Å². The third-order valence-electron chi connectivity index (χ3n) is 4.39. The highest BCUT2D eigenvalue weighted by Crippen LogP contribution is 2.20. The maximum atomic E-state index is 12.3. The van der Waals surface area contributed by atoms with Crippen molar-refractivity contribution in [3.05, 3.63) is 84.3 Å². The number of benzene rings is 2. The lowest BCUT2D eigenvalue weighted by molar-refractivity contribution is 0.248. The molecule has 1 atom stereocenters. The molecule has 0 radical (unpaired) electrons. The molecule has 0 fully saturated rings. The minimum absolute atomic E-state index is 0.344. The average molecular weight is 388 g/mol. The highest BCUT2D eigenvalue weighted by molar-refractivity contribution is 5.89. The number of hydrogen-bond acceptors (Lipinski definition) is 5. The van der Waals surface area contributed by atoms with E-state index in [1.165, 1.54) is 0 Å². The van der Waals surface area contributed by atoms with Gasteiger partial charge in [-0.25, -0.2) is 4.79 Å². The van der Waals surface area contributed by atoms with Gasteiger partial charge in [-0.1, -0.05) is 47.6 Å². The summed E-state index contributed by atoms with van der Waals surface area (Å²) >= 11 is 0. The Labute approximate surface area is 167 Å². The fraction of sp³-hybridized carbons (Fsp3) is 0.143. The van der Waals surface area contributed by atoms with Crippen LogP contribution in [0, 0.1) is 0 Å². The smallest absolute Gasteiger partial charge is 0.319 e. The lowest BCUT2D eigenvalue weighted by atomic mass is 10.1. The molecule has 0 aliphatic carbocycles. The summed E-state index contributed by atoms with van der Waals surface area (Å²) in [5.74, 6) is 0.941. The van der Waals surface area contributed by atoms with Crippen LogP contribution in [0.3, 0.4) is 0 Å². The van der Waals surface area contributed by atoms with Gasteiger partial charge in [0.05, 0.1) is 18.7 Å². The Morgan fingerprint density at radius 2 is 1.90 bits per heavy atom. The largest absolute Gasteiger partial charge is 0.339 e. The van der Waals surface area contributed by atoms with Crippen molar-refractivity contribution in [2.24, 2.45) is 0 Å². The third kappa shape index (κ3) is 4.67. The van der Waals surface area contributed by atoms with Crippen LogP contribution in [0.1, 0.15) is 30.2 Å². The fourth-order valence-electron chi connectivity index (χ4n) is 2.87. The van der Waals surface area contributed by atoms with Crippen LogP contribution < -0.4 is 10.6 Å². The number of nitrogens with zero attached hydrogens (tertiary/aromatic N) is 3. The molecule has 146 valence electrons. The summed E-state index contributed by atoms with van der Waals surface area (Å²) in [7, 11) is 0. The van der Waals surface area contributed by atoms with E-state index in [0.29, 0.717) is 23.8 Å². The normalized spacial score (nSPS) is 11.8. The molecule has 4 aromatic rings. The van der Waals surface area contributed by atoms with Crippen LogP contribution in [0.5, 0.6) is 0 Å². The number of rotatable bonds is 6. The van der Waals surface area contributed by atoms with Crippen LogP contribution in [-0.2, 0) is 6.42 Å². The van der Waals surface area contributed by atoms with Gasteiger partial charge in [-0.15, -0.1) is 0 Å². The first-order valence-corrected chi connectivity index (χ1v) is 9.20. The van der Waals surface area contributed by atoms with Gasteiger partial charge in [0.1, 0.15) is 0 Å². The molecular formula is C21H20N6O2. The third-order valence-corrected chi connectivity index (χ3v) is 4.39. The van der Waals surface area contributed by atoms with Crippen LogP contribution in [0.2, 0.25) is 0 Å². The van der Waals surface area contributed by atoms with E-state index in [9.17, 15) is 4.79 Å². The van der Waals surface area contributed by atoms with Gasteiger partial charge >= 0.3 is 6.03 Å². The maximum absolute atomic E-state index is 12.3. The molecular weight excluding hydrogens is 368 g/mol. The number of amides is 2. The Morgan fingerprint density at radius 3 is 2.62 bits per heavy atom. The van der Waals surface area contributed by atoms with E-state index in [1.54, 1.807) is 13.1 Å². The summed E-state index contributed by atoms with van der Waals surface area (Å²) in [6.07, 6.45) is 4.11. The molecule has 2 aromatic carbocycles. The number of hydrogen-bond donors (Lipinski definition) is 3. The second kappa shape index (κ2) is 8.39. The Balaban J connectivity index is 1.32. The Morgan fingerprint density at radius 1 is 1.10 bits per heavy atom. The molecule has 2 aromatic heterocycles. The Hall–Kier alpha value is -3.94. The molecule has 0 bridgehead atoms. The van der Waals surface area contributed by atoms with Crippen molar-refractivity contribution in [1.82, 2.24) is 25.7 Å². The molecule has 0 spiro atoms. The second-order valence-corrected chi connectivity index (χ2v) is 6.59. The minimum Gasteiger partial charge on any atom is -0.339 e. The monoisotopic (exact) mass is 388 g/mol. The zero-order valence-electron chi connectivity index (χ0n) is 15.8. The first kappa shape index (κ1) is 18.4. The molecule has 8 nitrogen and oxygen atoms in total. The van der Waals surface area contributed by atoms with Crippen molar-refractivity contribution in [2.45, 2.75) is 19.4 Å². The number of aromatic nitrogens is 4. The summed E-state index contributed by atoms with van der Waals surface area (Å²) in [4.78, 5) is 16.7.